The van der Waals surface area contributed by atoms with Crippen molar-refractivity contribution in [3.05, 3.63) is 57.3 Å². The zero-order chi connectivity index (χ0) is 28.8. The highest BCUT2D eigenvalue weighted by Crippen LogP contribution is 2.41. The number of hydrogen-bond acceptors (Lipinski definition) is 8. The number of aryl methyl sites for hydroxylation is 1. The number of hydrogen-bond donors (Lipinski definition) is 2. The van der Waals surface area contributed by atoms with Gasteiger partial charge in [-0.1, -0.05) is 11.6 Å². The van der Waals surface area contributed by atoms with Crippen LogP contribution >= 0.6 is 11.6 Å². The van der Waals surface area contributed by atoms with Gasteiger partial charge in [0.15, 0.2) is 11.6 Å². The highest BCUT2D eigenvalue weighted by atomic mass is 35.5. The molecule has 2 aliphatic heterocycles. The Morgan fingerprint density at radius 3 is 2.70 bits per heavy atom. The first kappa shape index (κ1) is 27.7. The average Bonchev–Trinajstić information content (AvgIpc) is 3.46. The van der Waals surface area contributed by atoms with E-state index in [1.54, 1.807) is 30.3 Å². The lowest BCUT2D eigenvalue weighted by atomic mass is 10.1. The van der Waals surface area contributed by atoms with E-state index >= 15 is 0 Å². The molecule has 3 aromatic rings. The molecule has 0 saturated carbocycles. The average molecular weight is 572 g/mol. The number of methoxy groups -OCH3 is 1. The summed E-state index contributed by atoms with van der Waals surface area (Å²) in [6.45, 7) is 4.18. The molecule has 0 aliphatic carbocycles. The van der Waals surface area contributed by atoms with Crippen LogP contribution in [0.15, 0.2) is 18.5 Å². The number of H-pyrrole nitrogens is 1. The number of likely N-dealkylation sites (tertiary alicyclic amines) is 1. The number of rotatable bonds is 7. The molecule has 3 N–H and O–H groups in total. The molecule has 1 fully saturated rings. The van der Waals surface area contributed by atoms with E-state index in [1.807, 2.05) is 13.8 Å². The summed E-state index contributed by atoms with van der Waals surface area (Å²) in [7, 11) is 1.57. The number of aromatic nitrogens is 4. The summed E-state index contributed by atoms with van der Waals surface area (Å²) in [5.41, 5.74) is 9.51. The van der Waals surface area contributed by atoms with E-state index in [1.165, 1.54) is 11.1 Å². The van der Waals surface area contributed by atoms with Crippen molar-refractivity contribution in [2.45, 2.75) is 39.2 Å². The second-order valence-corrected chi connectivity index (χ2v) is 10.3. The van der Waals surface area contributed by atoms with Gasteiger partial charge in [0.05, 0.1) is 37.0 Å². The second kappa shape index (κ2) is 10.6. The van der Waals surface area contributed by atoms with Crippen molar-refractivity contribution in [1.82, 2.24) is 24.8 Å². The van der Waals surface area contributed by atoms with Crippen molar-refractivity contribution < 1.29 is 23.1 Å². The van der Waals surface area contributed by atoms with E-state index < -0.39 is 11.8 Å². The van der Waals surface area contributed by atoms with E-state index in [0.29, 0.717) is 28.3 Å². The Morgan fingerprint density at radius 1 is 1.27 bits per heavy atom. The first-order valence-electron chi connectivity index (χ1n) is 12.6. The fourth-order valence-corrected chi connectivity index (χ4v) is 5.29. The Bertz CT molecular complexity index is 1530. The largest absolute Gasteiger partial charge is 0.496 e. The summed E-state index contributed by atoms with van der Waals surface area (Å²) >= 11 is 6.44. The van der Waals surface area contributed by atoms with E-state index in [-0.39, 0.29) is 67.3 Å². The first-order valence-corrected chi connectivity index (χ1v) is 13.0. The first-order chi connectivity index (χ1) is 19.0. The molecule has 40 heavy (non-hydrogen) atoms. The topological polar surface area (TPSA) is 130 Å². The lowest BCUT2D eigenvalue weighted by Crippen LogP contribution is -2.41. The van der Waals surface area contributed by atoms with Crippen LogP contribution in [0.4, 0.5) is 20.5 Å². The third-order valence-corrected chi connectivity index (χ3v) is 7.48. The molecule has 13 heteroatoms. The highest BCUT2D eigenvalue weighted by Gasteiger charge is 2.38. The molecule has 1 saturated heterocycles. The monoisotopic (exact) mass is 571 g/mol. The van der Waals surface area contributed by atoms with Crippen LogP contribution in [0.3, 0.4) is 0 Å². The summed E-state index contributed by atoms with van der Waals surface area (Å²) in [6, 6.07) is 1.60. The molecule has 2 aliphatic rings. The molecule has 0 unspecified atom stereocenters. The van der Waals surface area contributed by atoms with Crippen molar-refractivity contribution in [2.24, 2.45) is 0 Å². The van der Waals surface area contributed by atoms with Gasteiger partial charge in [0, 0.05) is 60.7 Å². The van der Waals surface area contributed by atoms with E-state index in [9.17, 15) is 18.4 Å². The number of nitrogens with one attached hydrogen (secondary N) is 1. The molecule has 10 nitrogen and oxygen atoms in total. The van der Waals surface area contributed by atoms with Gasteiger partial charge in [-0.2, -0.15) is 4.98 Å². The Hall–Kier alpha value is -3.90. The van der Waals surface area contributed by atoms with Crippen LogP contribution in [-0.4, -0.2) is 69.2 Å². The van der Waals surface area contributed by atoms with Crippen LogP contribution in [0.5, 0.6) is 5.75 Å². The second-order valence-electron chi connectivity index (χ2n) is 9.97. The summed E-state index contributed by atoms with van der Waals surface area (Å²) in [6.07, 6.45) is 4.24. The molecule has 0 atom stereocenters. The minimum absolute atomic E-state index is 0.0144. The number of alkyl halides is 2. The number of fused-ring (bicyclic) bond motifs is 1. The molecule has 5 heterocycles. The number of halogens is 3. The maximum atomic E-state index is 13.7. The van der Waals surface area contributed by atoms with Gasteiger partial charge in [0.25, 0.3) is 11.8 Å². The van der Waals surface area contributed by atoms with Gasteiger partial charge in [-0.3, -0.25) is 24.4 Å². The highest BCUT2D eigenvalue weighted by molar-refractivity contribution is 6.41. The molecule has 1 amide bonds. The van der Waals surface area contributed by atoms with Crippen LogP contribution in [0, 0.1) is 13.8 Å². The van der Waals surface area contributed by atoms with Crippen molar-refractivity contribution in [1.29, 1.82) is 0 Å². The van der Waals surface area contributed by atoms with Gasteiger partial charge < -0.3 is 15.5 Å². The molecule has 0 aromatic carbocycles. The SMILES string of the molecule is COc1c(C)cnc(CN2C(=O)C(=Cc3cc(C(=O)CN4CCC(F)(F)CC4)c[nH]3)c3c(Cl)nc(N)nc32)c1C. The van der Waals surface area contributed by atoms with Crippen molar-refractivity contribution in [3.63, 3.8) is 0 Å². The normalized spacial score (nSPS) is 17.9. The van der Waals surface area contributed by atoms with Gasteiger partial charge in [-0.05, 0) is 26.0 Å². The number of anilines is 2. The number of piperidine rings is 1. The number of ketones is 1. The van der Waals surface area contributed by atoms with Crippen LogP contribution in [-0.2, 0) is 11.3 Å². The molecule has 0 radical (unpaired) electrons. The predicted octanol–water partition coefficient (Wildman–Crippen LogP) is 4.06. The third-order valence-electron chi connectivity index (χ3n) is 7.20. The minimum Gasteiger partial charge on any atom is -0.496 e. The quantitative estimate of drug-likeness (QED) is 0.247. The molecule has 0 spiro atoms. The van der Waals surface area contributed by atoms with Gasteiger partial charge in [-0.25, -0.2) is 13.8 Å². The lowest BCUT2D eigenvalue weighted by Gasteiger charge is -2.30. The zero-order valence-electron chi connectivity index (χ0n) is 22.2. The smallest absolute Gasteiger partial charge is 0.260 e. The number of carbonyl (C=O) groups excluding carboxylic acids is 2. The maximum Gasteiger partial charge on any atom is 0.260 e. The molecular weight excluding hydrogens is 544 g/mol. The standard InChI is InChI=1S/C27H28ClF2N7O3/c1-14-10-33-19(15(2)22(14)40-3)12-37-24-21(23(28)34-26(31)35-24)18(25(37)39)9-17-8-16(11-32-17)20(38)13-36-6-4-27(29,30)5-7-36/h8-11,32H,4-7,12-13H2,1-3H3,(H2,31,34,35). The van der Waals surface area contributed by atoms with Crippen molar-refractivity contribution in [3.8, 4) is 5.75 Å². The lowest BCUT2D eigenvalue weighted by molar-refractivity contribution is -0.113. The van der Waals surface area contributed by atoms with Crippen LogP contribution in [0.1, 0.15) is 51.3 Å². The number of nitrogens with zero attached hydrogens (tertiary/aromatic N) is 5. The van der Waals surface area contributed by atoms with E-state index in [4.69, 9.17) is 22.1 Å². The van der Waals surface area contributed by atoms with Gasteiger partial charge >= 0.3 is 0 Å². The number of amides is 1. The predicted molar refractivity (Wildman–Crippen MR) is 147 cm³/mol. The minimum atomic E-state index is -2.68. The molecule has 3 aromatic heterocycles. The Kier molecular flexibility index (Phi) is 7.32. The number of pyridine rings is 1. The Balaban J connectivity index is 1.42. The summed E-state index contributed by atoms with van der Waals surface area (Å²) in [5.74, 6) is -2.45. The maximum absolute atomic E-state index is 13.7. The van der Waals surface area contributed by atoms with Crippen LogP contribution in [0.25, 0.3) is 11.6 Å². The van der Waals surface area contributed by atoms with Gasteiger partial charge in [-0.15, -0.1) is 0 Å². The number of ether oxygens (including phenoxy) is 1. The molecule has 210 valence electrons. The number of carbonyl (C=O) groups is 2. The van der Waals surface area contributed by atoms with Crippen LogP contribution < -0.4 is 15.4 Å². The summed E-state index contributed by atoms with van der Waals surface area (Å²) in [4.78, 5) is 45.5. The number of Topliss-reactive ketones (excluding diaryl/α,β-unsaturated/α-hetero) is 1. The van der Waals surface area contributed by atoms with Gasteiger partial charge in [0.1, 0.15) is 10.9 Å². The fourth-order valence-electron chi connectivity index (χ4n) is 5.02. The van der Waals surface area contributed by atoms with Gasteiger partial charge in [0.2, 0.25) is 5.95 Å². The van der Waals surface area contributed by atoms with E-state index in [2.05, 4.69) is 19.9 Å². The zero-order valence-corrected chi connectivity index (χ0v) is 23.0. The van der Waals surface area contributed by atoms with Crippen molar-refractivity contribution >= 4 is 46.7 Å². The fraction of sp³-hybridized carbons (Fsp3) is 0.370. The Morgan fingerprint density at radius 2 is 2.00 bits per heavy atom. The molecule has 0 bridgehead atoms. The number of nitrogens with two attached hydrogens (primary N) is 1. The number of nitrogen functional groups attached to an aromatic ring is 1. The van der Waals surface area contributed by atoms with E-state index in [0.717, 1.165) is 11.1 Å². The van der Waals surface area contributed by atoms with Crippen LogP contribution in [0.2, 0.25) is 5.15 Å². The number of aromatic amines is 1. The van der Waals surface area contributed by atoms with Crippen molar-refractivity contribution in [2.75, 3.05) is 37.4 Å². The Labute approximate surface area is 234 Å². The molecular formula is C27H28ClF2N7O3. The third kappa shape index (κ3) is 5.28. The summed E-state index contributed by atoms with van der Waals surface area (Å²) < 4.78 is 32.4. The summed E-state index contributed by atoms with van der Waals surface area (Å²) in [5, 5.41) is 0.0144. The molecule has 5 rings (SSSR count).